The second-order valence-electron chi connectivity index (χ2n) is 3.63. The van der Waals surface area contributed by atoms with Crippen LogP contribution in [0.15, 0.2) is 16.7 Å². The Balaban J connectivity index is 2.40. The van der Waals surface area contributed by atoms with Gasteiger partial charge in [-0.1, -0.05) is 0 Å². The number of aromatic nitrogens is 1. The summed E-state index contributed by atoms with van der Waals surface area (Å²) in [6, 6.07) is 1.80. The van der Waals surface area contributed by atoms with E-state index >= 15 is 0 Å². The highest BCUT2D eigenvalue weighted by molar-refractivity contribution is 9.10. The predicted octanol–water partition coefficient (Wildman–Crippen LogP) is 0.959. The molecule has 1 aliphatic heterocycles. The number of hydrogen-bond acceptors (Lipinski definition) is 4. The quantitative estimate of drug-likeness (QED) is 0.657. The molecule has 2 heterocycles. The van der Waals surface area contributed by atoms with Gasteiger partial charge in [0.1, 0.15) is 0 Å². The van der Waals surface area contributed by atoms with Crippen molar-refractivity contribution in [1.29, 1.82) is 0 Å². The number of fused-ring (bicyclic) bond motifs is 1. The number of β-amino-alcohol motifs (C(OH)–C–C–N with tert-alkyl or cyclic N) is 1. The van der Waals surface area contributed by atoms with Gasteiger partial charge in [-0.3, -0.25) is 4.79 Å². The molecule has 3 N–H and O–H groups in total. The van der Waals surface area contributed by atoms with Crippen molar-refractivity contribution in [1.82, 2.24) is 4.98 Å². The van der Waals surface area contributed by atoms with Crippen LogP contribution in [0.1, 0.15) is 6.92 Å². The molecule has 0 saturated carbocycles. The first kappa shape index (κ1) is 10.4. The third kappa shape index (κ3) is 1.95. The van der Waals surface area contributed by atoms with Gasteiger partial charge in [0.15, 0.2) is 11.4 Å². The summed E-state index contributed by atoms with van der Waals surface area (Å²) in [4.78, 5) is 15.6. The number of carbonyl (C=O) groups is 1. The molecule has 0 unspecified atom stereocenters. The van der Waals surface area contributed by atoms with E-state index in [4.69, 9.17) is 0 Å². The van der Waals surface area contributed by atoms with Gasteiger partial charge in [0, 0.05) is 10.7 Å². The van der Waals surface area contributed by atoms with Crippen molar-refractivity contribution in [3.8, 4) is 0 Å². The number of hydrogen-bond donors (Lipinski definition) is 3. The smallest absolute Gasteiger partial charge is 0.259 e. The molecule has 5 nitrogen and oxygen atoms in total. The standard InChI is InChI=1S/C9H10BrN3O2/c1-9(15)4-12-6-2-5(10)3-11-7(6)13-8(9)14/h2-3,12,15H,4H2,1H3,(H,11,13,14)/t9-/m1/s1. The van der Waals surface area contributed by atoms with E-state index in [2.05, 4.69) is 31.5 Å². The van der Waals surface area contributed by atoms with Gasteiger partial charge in [-0.2, -0.15) is 0 Å². The molecule has 1 aromatic heterocycles. The summed E-state index contributed by atoms with van der Waals surface area (Å²) in [7, 11) is 0. The summed E-state index contributed by atoms with van der Waals surface area (Å²) in [6.45, 7) is 1.61. The molecule has 0 aromatic carbocycles. The van der Waals surface area contributed by atoms with Gasteiger partial charge >= 0.3 is 0 Å². The van der Waals surface area contributed by atoms with Gasteiger partial charge in [0.25, 0.3) is 5.91 Å². The fourth-order valence-corrected chi connectivity index (χ4v) is 1.59. The second kappa shape index (κ2) is 3.46. The average molecular weight is 272 g/mol. The SMILES string of the molecule is C[C@@]1(O)CNc2cc(Br)cnc2NC1=O. The highest BCUT2D eigenvalue weighted by Gasteiger charge is 2.33. The van der Waals surface area contributed by atoms with Crippen LogP contribution in [0, 0.1) is 0 Å². The Morgan fingerprint density at radius 1 is 1.67 bits per heavy atom. The van der Waals surface area contributed by atoms with Gasteiger partial charge in [-0.15, -0.1) is 0 Å². The molecule has 0 saturated heterocycles. The minimum Gasteiger partial charge on any atom is -0.379 e. The molecule has 0 spiro atoms. The summed E-state index contributed by atoms with van der Waals surface area (Å²) in [5.74, 6) is -0.0236. The topological polar surface area (TPSA) is 74.2 Å². The second-order valence-corrected chi connectivity index (χ2v) is 4.55. The van der Waals surface area contributed by atoms with E-state index in [9.17, 15) is 9.90 Å². The Morgan fingerprint density at radius 2 is 2.40 bits per heavy atom. The number of pyridine rings is 1. The Labute approximate surface area is 95.0 Å². The molecule has 1 aliphatic rings. The van der Waals surface area contributed by atoms with Crippen LogP contribution in [-0.2, 0) is 4.79 Å². The van der Waals surface area contributed by atoms with Gasteiger partial charge in [0.05, 0.1) is 12.2 Å². The van der Waals surface area contributed by atoms with Crippen LogP contribution in [0.5, 0.6) is 0 Å². The lowest BCUT2D eigenvalue weighted by Crippen LogP contribution is -2.43. The zero-order valence-electron chi connectivity index (χ0n) is 8.04. The van der Waals surface area contributed by atoms with Crippen molar-refractivity contribution < 1.29 is 9.90 Å². The maximum absolute atomic E-state index is 11.5. The molecular weight excluding hydrogens is 262 g/mol. The van der Waals surface area contributed by atoms with Crippen molar-refractivity contribution in [3.05, 3.63) is 16.7 Å². The Kier molecular flexibility index (Phi) is 2.40. The molecule has 0 bridgehead atoms. The third-order valence-corrected chi connectivity index (χ3v) is 2.63. The Morgan fingerprint density at radius 3 is 3.13 bits per heavy atom. The van der Waals surface area contributed by atoms with E-state index in [1.807, 2.05) is 0 Å². The summed E-state index contributed by atoms with van der Waals surface area (Å²) in [5.41, 5.74) is -0.733. The number of anilines is 2. The lowest BCUT2D eigenvalue weighted by molar-refractivity contribution is -0.131. The number of nitrogens with one attached hydrogen (secondary N) is 2. The first-order valence-electron chi connectivity index (χ1n) is 4.42. The molecule has 2 rings (SSSR count). The van der Waals surface area contributed by atoms with Gasteiger partial charge < -0.3 is 15.7 Å². The molecule has 1 aromatic rings. The fraction of sp³-hybridized carbons (Fsp3) is 0.333. The summed E-state index contributed by atoms with van der Waals surface area (Å²) in [5, 5.41) is 15.3. The van der Waals surface area contributed by atoms with Crippen LogP contribution >= 0.6 is 15.9 Å². The lowest BCUT2D eigenvalue weighted by atomic mass is 10.1. The molecule has 1 atom stereocenters. The predicted molar refractivity (Wildman–Crippen MR) is 59.7 cm³/mol. The third-order valence-electron chi connectivity index (χ3n) is 2.20. The van der Waals surface area contributed by atoms with E-state index in [1.165, 1.54) is 6.92 Å². The van der Waals surface area contributed by atoms with Gasteiger partial charge in [-0.05, 0) is 28.9 Å². The van der Waals surface area contributed by atoms with E-state index in [0.29, 0.717) is 11.5 Å². The molecule has 15 heavy (non-hydrogen) atoms. The van der Waals surface area contributed by atoms with Crippen molar-refractivity contribution in [2.24, 2.45) is 0 Å². The lowest BCUT2D eigenvalue weighted by Gasteiger charge is -2.18. The fourth-order valence-electron chi connectivity index (χ4n) is 1.26. The molecule has 0 radical (unpaired) electrons. The summed E-state index contributed by atoms with van der Waals surface area (Å²) < 4.78 is 0.810. The molecule has 80 valence electrons. The molecular formula is C9H10BrN3O2. The normalized spacial score (nSPS) is 24.9. The Bertz CT molecular complexity index is 420. The average Bonchev–Trinajstić information content (AvgIpc) is 2.27. The molecule has 1 amide bonds. The Hall–Kier alpha value is -1.14. The largest absolute Gasteiger partial charge is 0.379 e. The van der Waals surface area contributed by atoms with Crippen LogP contribution in [0.4, 0.5) is 11.5 Å². The zero-order valence-corrected chi connectivity index (χ0v) is 9.63. The number of rotatable bonds is 0. The summed E-state index contributed by atoms with van der Waals surface area (Å²) >= 11 is 3.28. The highest BCUT2D eigenvalue weighted by atomic mass is 79.9. The zero-order chi connectivity index (χ0) is 11.1. The minimum absolute atomic E-state index is 0.157. The first-order valence-corrected chi connectivity index (χ1v) is 5.21. The van der Waals surface area contributed by atoms with Gasteiger partial charge in [-0.25, -0.2) is 4.98 Å². The van der Waals surface area contributed by atoms with Crippen molar-refractivity contribution >= 4 is 33.3 Å². The van der Waals surface area contributed by atoms with Crippen molar-refractivity contribution in [3.63, 3.8) is 0 Å². The van der Waals surface area contributed by atoms with Crippen LogP contribution in [-0.4, -0.2) is 28.1 Å². The number of halogens is 1. The number of nitrogens with zero attached hydrogens (tertiary/aromatic N) is 1. The number of aliphatic hydroxyl groups is 1. The van der Waals surface area contributed by atoms with E-state index in [-0.39, 0.29) is 6.54 Å². The summed E-state index contributed by atoms with van der Waals surface area (Å²) in [6.07, 6.45) is 1.58. The van der Waals surface area contributed by atoms with E-state index in [0.717, 1.165) is 4.47 Å². The molecule has 6 heteroatoms. The van der Waals surface area contributed by atoms with Crippen molar-refractivity contribution in [2.75, 3.05) is 17.2 Å². The van der Waals surface area contributed by atoms with Gasteiger partial charge in [0.2, 0.25) is 0 Å². The minimum atomic E-state index is -1.42. The maximum atomic E-state index is 11.5. The number of amides is 1. The van der Waals surface area contributed by atoms with Crippen LogP contribution < -0.4 is 10.6 Å². The monoisotopic (exact) mass is 271 g/mol. The van der Waals surface area contributed by atoms with E-state index < -0.39 is 11.5 Å². The van der Waals surface area contributed by atoms with E-state index in [1.54, 1.807) is 12.3 Å². The maximum Gasteiger partial charge on any atom is 0.259 e. The van der Waals surface area contributed by atoms with Crippen LogP contribution in [0.2, 0.25) is 0 Å². The highest BCUT2D eigenvalue weighted by Crippen LogP contribution is 2.26. The van der Waals surface area contributed by atoms with Crippen molar-refractivity contribution in [2.45, 2.75) is 12.5 Å². The number of carbonyl (C=O) groups excluding carboxylic acids is 1. The first-order chi connectivity index (χ1) is 6.99. The molecule has 0 aliphatic carbocycles. The van der Waals surface area contributed by atoms with Crippen LogP contribution in [0.25, 0.3) is 0 Å². The molecule has 0 fully saturated rings. The van der Waals surface area contributed by atoms with Crippen LogP contribution in [0.3, 0.4) is 0 Å².